The van der Waals surface area contributed by atoms with Crippen molar-refractivity contribution < 1.29 is 9.53 Å². The van der Waals surface area contributed by atoms with Gasteiger partial charge in [0.25, 0.3) is 5.91 Å². The van der Waals surface area contributed by atoms with Gasteiger partial charge in [0.05, 0.1) is 19.5 Å². The lowest BCUT2D eigenvalue weighted by molar-refractivity contribution is 0.0928. The van der Waals surface area contributed by atoms with Crippen LogP contribution >= 0.6 is 0 Å². The van der Waals surface area contributed by atoms with Crippen molar-refractivity contribution in [1.82, 2.24) is 19.9 Å². The Morgan fingerprint density at radius 3 is 2.81 bits per heavy atom. The van der Waals surface area contributed by atoms with Crippen molar-refractivity contribution in [3.8, 4) is 5.75 Å². The van der Waals surface area contributed by atoms with Gasteiger partial charge in [0.1, 0.15) is 5.69 Å². The summed E-state index contributed by atoms with van der Waals surface area (Å²) in [7, 11) is 1.41. The third-order valence-electron chi connectivity index (χ3n) is 4.08. The fraction of sp³-hybridized carbons (Fsp3) is 0.211. The molecule has 0 aliphatic rings. The summed E-state index contributed by atoms with van der Waals surface area (Å²) in [6, 6.07) is 10.8. The molecule has 0 saturated heterocycles. The Labute approximate surface area is 150 Å². The van der Waals surface area contributed by atoms with Crippen molar-refractivity contribution in [1.29, 1.82) is 0 Å². The van der Waals surface area contributed by atoms with E-state index in [1.54, 1.807) is 12.5 Å². The Bertz CT molecular complexity index is 904. The summed E-state index contributed by atoms with van der Waals surface area (Å²) >= 11 is 0. The van der Waals surface area contributed by atoms with Gasteiger partial charge in [-0.15, -0.1) is 0 Å². The van der Waals surface area contributed by atoms with Gasteiger partial charge in [0.2, 0.25) is 5.43 Å². The molecule has 7 nitrogen and oxygen atoms in total. The molecule has 0 aliphatic carbocycles. The minimum absolute atomic E-state index is 0.168. The lowest BCUT2D eigenvalue weighted by atomic mass is 10.0. The Balaban J connectivity index is 1.77. The Hall–Kier alpha value is -3.35. The van der Waals surface area contributed by atoms with Crippen LogP contribution in [0.25, 0.3) is 0 Å². The number of rotatable bonds is 7. The topological polar surface area (TPSA) is 89.0 Å². The number of carbonyl (C=O) groups is 1. The van der Waals surface area contributed by atoms with Crippen LogP contribution in [0.15, 0.2) is 66.1 Å². The van der Waals surface area contributed by atoms with Crippen LogP contribution in [-0.4, -0.2) is 27.6 Å². The molecule has 1 aromatic carbocycles. The number of aromatic amines is 1. The van der Waals surface area contributed by atoms with Crippen molar-refractivity contribution in [2.24, 2.45) is 0 Å². The third kappa shape index (κ3) is 4.18. The van der Waals surface area contributed by atoms with E-state index in [0.717, 1.165) is 5.56 Å². The van der Waals surface area contributed by atoms with Gasteiger partial charge in [-0.1, -0.05) is 30.3 Å². The molecule has 3 rings (SSSR count). The molecule has 1 atom stereocenters. The van der Waals surface area contributed by atoms with Gasteiger partial charge in [0, 0.05) is 31.2 Å². The number of nitrogens with zero attached hydrogens (tertiary/aromatic N) is 2. The van der Waals surface area contributed by atoms with Crippen molar-refractivity contribution in [3.63, 3.8) is 0 Å². The zero-order valence-corrected chi connectivity index (χ0v) is 14.4. The summed E-state index contributed by atoms with van der Waals surface area (Å²) in [5.74, 6) is -0.175. The van der Waals surface area contributed by atoms with Crippen LogP contribution in [0, 0.1) is 0 Å². The molecular formula is C19H20N4O3. The number of hydrogen-bond donors (Lipinski definition) is 2. The van der Waals surface area contributed by atoms with Gasteiger partial charge in [-0.3, -0.25) is 9.59 Å². The predicted molar refractivity (Wildman–Crippen MR) is 97.1 cm³/mol. The first-order chi connectivity index (χ1) is 12.7. The highest BCUT2D eigenvalue weighted by Crippen LogP contribution is 2.18. The molecule has 0 bridgehead atoms. The van der Waals surface area contributed by atoms with Crippen LogP contribution in [0.4, 0.5) is 0 Å². The van der Waals surface area contributed by atoms with E-state index in [-0.39, 0.29) is 28.8 Å². The molecule has 134 valence electrons. The van der Waals surface area contributed by atoms with E-state index in [1.807, 2.05) is 41.1 Å². The number of nitrogens with one attached hydrogen (secondary N) is 2. The number of pyridine rings is 1. The van der Waals surface area contributed by atoms with E-state index in [2.05, 4.69) is 15.3 Å². The summed E-state index contributed by atoms with van der Waals surface area (Å²) in [6.45, 7) is 0.707. The number of methoxy groups -OCH3 is 1. The Morgan fingerprint density at radius 2 is 2.15 bits per heavy atom. The highest BCUT2D eigenvalue weighted by atomic mass is 16.5. The number of imidazole rings is 1. The van der Waals surface area contributed by atoms with Crippen LogP contribution in [-0.2, 0) is 6.54 Å². The maximum absolute atomic E-state index is 12.6. The molecule has 1 amide bonds. The molecular weight excluding hydrogens is 332 g/mol. The molecule has 3 aromatic rings. The average molecular weight is 352 g/mol. The summed E-state index contributed by atoms with van der Waals surface area (Å²) in [4.78, 5) is 31.3. The Morgan fingerprint density at radius 1 is 1.35 bits per heavy atom. The SMILES string of the molecule is COc1c[nH]c(C(=O)N[C@H](CCn2ccnc2)c2ccccc2)cc1=O. The molecule has 2 heterocycles. The maximum Gasteiger partial charge on any atom is 0.268 e. The minimum Gasteiger partial charge on any atom is -0.491 e. The molecule has 0 saturated carbocycles. The quantitative estimate of drug-likeness (QED) is 0.682. The molecule has 2 aromatic heterocycles. The zero-order chi connectivity index (χ0) is 18.4. The molecule has 0 aliphatic heterocycles. The normalized spacial score (nSPS) is 11.7. The lowest BCUT2D eigenvalue weighted by Crippen LogP contribution is -2.30. The van der Waals surface area contributed by atoms with E-state index >= 15 is 0 Å². The molecule has 0 unspecified atom stereocenters. The van der Waals surface area contributed by atoms with Gasteiger partial charge >= 0.3 is 0 Å². The van der Waals surface area contributed by atoms with Crippen LogP contribution in [0.5, 0.6) is 5.75 Å². The molecule has 2 N–H and O–H groups in total. The van der Waals surface area contributed by atoms with Gasteiger partial charge in [-0.2, -0.15) is 0 Å². The smallest absolute Gasteiger partial charge is 0.268 e. The average Bonchev–Trinajstić information content (AvgIpc) is 3.19. The first kappa shape index (κ1) is 17.5. The van der Waals surface area contributed by atoms with Gasteiger partial charge < -0.3 is 19.6 Å². The van der Waals surface area contributed by atoms with Gasteiger partial charge in [0.15, 0.2) is 5.75 Å². The highest BCUT2D eigenvalue weighted by Gasteiger charge is 2.17. The van der Waals surface area contributed by atoms with Crippen molar-refractivity contribution in [2.45, 2.75) is 19.0 Å². The molecule has 0 spiro atoms. The van der Waals surface area contributed by atoms with Crippen LogP contribution in [0.2, 0.25) is 0 Å². The van der Waals surface area contributed by atoms with Crippen LogP contribution in [0.3, 0.4) is 0 Å². The van der Waals surface area contributed by atoms with E-state index in [1.165, 1.54) is 19.4 Å². The first-order valence-electron chi connectivity index (χ1n) is 8.25. The fourth-order valence-electron chi connectivity index (χ4n) is 2.69. The number of carbonyl (C=O) groups excluding carboxylic acids is 1. The monoisotopic (exact) mass is 352 g/mol. The second-order valence-electron chi connectivity index (χ2n) is 5.81. The van der Waals surface area contributed by atoms with E-state index in [4.69, 9.17) is 4.74 Å². The van der Waals surface area contributed by atoms with E-state index in [0.29, 0.717) is 13.0 Å². The first-order valence-corrected chi connectivity index (χ1v) is 8.25. The van der Waals surface area contributed by atoms with Gasteiger partial charge in [-0.05, 0) is 12.0 Å². The minimum atomic E-state index is -0.343. The van der Waals surface area contributed by atoms with Gasteiger partial charge in [-0.25, -0.2) is 4.98 Å². The number of hydrogen-bond acceptors (Lipinski definition) is 4. The second-order valence-corrected chi connectivity index (χ2v) is 5.81. The predicted octanol–water partition coefficient (Wildman–Crippen LogP) is 2.14. The summed E-state index contributed by atoms with van der Waals surface area (Å²) in [5.41, 5.74) is 0.849. The van der Waals surface area contributed by atoms with Crippen molar-refractivity contribution >= 4 is 5.91 Å². The lowest BCUT2D eigenvalue weighted by Gasteiger charge is -2.19. The Kier molecular flexibility index (Phi) is 5.48. The van der Waals surface area contributed by atoms with Crippen molar-refractivity contribution in [3.05, 3.63) is 82.8 Å². The van der Waals surface area contributed by atoms with Crippen LogP contribution in [0.1, 0.15) is 28.5 Å². The molecule has 7 heteroatoms. The number of H-pyrrole nitrogens is 1. The molecule has 0 radical (unpaired) electrons. The number of ether oxygens (including phenoxy) is 1. The molecule has 26 heavy (non-hydrogen) atoms. The number of aromatic nitrogens is 3. The van der Waals surface area contributed by atoms with Crippen molar-refractivity contribution in [2.75, 3.05) is 7.11 Å². The van der Waals surface area contributed by atoms with E-state index in [9.17, 15) is 9.59 Å². The summed E-state index contributed by atoms with van der Waals surface area (Å²) < 4.78 is 6.88. The molecule has 0 fully saturated rings. The number of aryl methyl sites for hydroxylation is 1. The largest absolute Gasteiger partial charge is 0.491 e. The number of amides is 1. The van der Waals surface area contributed by atoms with E-state index < -0.39 is 0 Å². The van der Waals surface area contributed by atoms with Crippen LogP contribution < -0.4 is 15.5 Å². The maximum atomic E-state index is 12.6. The second kappa shape index (κ2) is 8.15. The third-order valence-corrected chi connectivity index (χ3v) is 4.08. The highest BCUT2D eigenvalue weighted by molar-refractivity contribution is 5.92. The standard InChI is InChI=1S/C19H20N4O3/c1-26-18-12-21-16(11-17(18)24)19(25)22-15(14-5-3-2-4-6-14)7-9-23-10-8-20-13-23/h2-6,8,10-13,15H,7,9H2,1H3,(H,21,24)(H,22,25)/t15-/m1/s1. The summed E-state index contributed by atoms with van der Waals surface area (Å²) in [6.07, 6.45) is 7.42. The number of benzene rings is 1. The fourth-order valence-corrected chi connectivity index (χ4v) is 2.69. The zero-order valence-electron chi connectivity index (χ0n) is 14.4. The summed E-state index contributed by atoms with van der Waals surface area (Å²) in [5, 5.41) is 2.99.